The lowest BCUT2D eigenvalue weighted by atomic mass is 9.93. The molecule has 0 bridgehead atoms. The number of amides is 1. The first-order valence-electron chi connectivity index (χ1n) is 7.27. The number of likely N-dealkylation sites (tertiary alicyclic amines) is 1. The van der Waals surface area contributed by atoms with Crippen molar-refractivity contribution in [3.63, 3.8) is 0 Å². The summed E-state index contributed by atoms with van der Waals surface area (Å²) >= 11 is 0. The summed E-state index contributed by atoms with van der Waals surface area (Å²) in [6.45, 7) is 3.36. The molecule has 0 radical (unpaired) electrons. The van der Waals surface area contributed by atoms with Crippen molar-refractivity contribution >= 4 is 5.91 Å². The summed E-state index contributed by atoms with van der Waals surface area (Å²) < 4.78 is 1.83. The smallest absolute Gasteiger partial charge is 0.219 e. The van der Waals surface area contributed by atoms with E-state index in [2.05, 4.69) is 15.0 Å². The van der Waals surface area contributed by atoms with Gasteiger partial charge in [-0.3, -0.25) is 14.3 Å². The zero-order valence-corrected chi connectivity index (χ0v) is 12.1. The van der Waals surface area contributed by atoms with E-state index in [9.17, 15) is 4.79 Å². The Hall–Kier alpha value is -2.24. The van der Waals surface area contributed by atoms with E-state index in [1.165, 1.54) is 0 Å². The van der Waals surface area contributed by atoms with Crippen molar-refractivity contribution in [1.29, 1.82) is 0 Å². The van der Waals surface area contributed by atoms with E-state index in [-0.39, 0.29) is 5.91 Å². The van der Waals surface area contributed by atoms with Crippen molar-refractivity contribution < 1.29 is 4.79 Å². The monoisotopic (exact) mass is 285 g/mol. The van der Waals surface area contributed by atoms with Crippen LogP contribution in [0.2, 0.25) is 0 Å². The molecule has 3 heterocycles. The Morgan fingerprint density at radius 1 is 1.38 bits per heavy atom. The van der Waals surface area contributed by atoms with E-state index >= 15 is 0 Å². The van der Waals surface area contributed by atoms with Crippen LogP contribution >= 0.6 is 0 Å². The minimum Gasteiger partial charge on any atom is -0.343 e. The highest BCUT2D eigenvalue weighted by Crippen LogP contribution is 2.20. The van der Waals surface area contributed by atoms with Gasteiger partial charge in [-0.2, -0.15) is 0 Å². The molecule has 1 saturated heterocycles. The maximum atomic E-state index is 11.5. The molecule has 1 aliphatic rings. The van der Waals surface area contributed by atoms with Gasteiger partial charge in [0.2, 0.25) is 5.91 Å². The molecule has 6 nitrogen and oxygen atoms in total. The summed E-state index contributed by atoms with van der Waals surface area (Å²) in [7, 11) is 0. The van der Waals surface area contributed by atoms with Crippen molar-refractivity contribution in [1.82, 2.24) is 24.4 Å². The molecule has 0 aromatic carbocycles. The molecule has 0 unspecified atom stereocenters. The molecule has 0 saturated carbocycles. The Kier molecular flexibility index (Phi) is 3.94. The molecule has 1 amide bonds. The van der Waals surface area contributed by atoms with Gasteiger partial charge in [-0.1, -0.05) is 0 Å². The van der Waals surface area contributed by atoms with E-state index in [0.717, 1.165) is 43.9 Å². The van der Waals surface area contributed by atoms with Crippen LogP contribution in [0.15, 0.2) is 31.1 Å². The number of imidazole rings is 1. The van der Waals surface area contributed by atoms with Crippen molar-refractivity contribution in [3.05, 3.63) is 36.8 Å². The summed E-state index contributed by atoms with van der Waals surface area (Å²) in [5.41, 5.74) is 0.981. The summed E-state index contributed by atoms with van der Waals surface area (Å²) in [6, 6.07) is 0. The standard InChI is InChI=1S/C15H19N5O/c1-12(21)19-5-2-3-13(10-19)7-14-8-18-15(9-17-14)20-6-4-16-11-20/h4,6,8-9,11,13H,2-3,5,7,10H2,1H3/t13-/m0/s1. The summed E-state index contributed by atoms with van der Waals surface area (Å²) in [4.78, 5) is 26.3. The second-order valence-corrected chi connectivity index (χ2v) is 5.51. The van der Waals surface area contributed by atoms with E-state index in [0.29, 0.717) is 5.92 Å². The lowest BCUT2D eigenvalue weighted by molar-refractivity contribution is -0.130. The fourth-order valence-corrected chi connectivity index (χ4v) is 2.79. The zero-order valence-electron chi connectivity index (χ0n) is 12.1. The van der Waals surface area contributed by atoms with Gasteiger partial charge in [0.15, 0.2) is 5.82 Å². The number of carbonyl (C=O) groups is 1. The Balaban J connectivity index is 1.64. The molecular formula is C15H19N5O. The van der Waals surface area contributed by atoms with Crippen LogP contribution in [-0.4, -0.2) is 43.4 Å². The summed E-state index contributed by atoms with van der Waals surface area (Å²) in [6.07, 6.45) is 11.9. The topological polar surface area (TPSA) is 63.9 Å². The third-order valence-corrected chi connectivity index (χ3v) is 3.92. The molecule has 1 fully saturated rings. The predicted molar refractivity (Wildman–Crippen MR) is 77.8 cm³/mol. The van der Waals surface area contributed by atoms with Crippen LogP contribution in [0.4, 0.5) is 0 Å². The van der Waals surface area contributed by atoms with Crippen LogP contribution in [0, 0.1) is 5.92 Å². The molecule has 2 aromatic rings. The maximum Gasteiger partial charge on any atom is 0.219 e. The van der Waals surface area contributed by atoms with Gasteiger partial charge in [0.25, 0.3) is 0 Å². The minimum atomic E-state index is 0.168. The molecular weight excluding hydrogens is 266 g/mol. The van der Waals surface area contributed by atoms with Crippen LogP contribution in [0.3, 0.4) is 0 Å². The fraction of sp³-hybridized carbons (Fsp3) is 0.467. The average molecular weight is 285 g/mol. The Morgan fingerprint density at radius 2 is 2.29 bits per heavy atom. The van der Waals surface area contributed by atoms with Crippen molar-refractivity contribution in [2.24, 2.45) is 5.92 Å². The molecule has 2 aromatic heterocycles. The first kappa shape index (κ1) is 13.7. The van der Waals surface area contributed by atoms with Gasteiger partial charge in [-0.15, -0.1) is 0 Å². The quantitative estimate of drug-likeness (QED) is 0.856. The molecule has 1 atom stereocenters. The largest absolute Gasteiger partial charge is 0.343 e. The van der Waals surface area contributed by atoms with Gasteiger partial charge < -0.3 is 4.90 Å². The van der Waals surface area contributed by atoms with Crippen molar-refractivity contribution in [2.75, 3.05) is 13.1 Å². The lowest BCUT2D eigenvalue weighted by Crippen LogP contribution is -2.39. The summed E-state index contributed by atoms with van der Waals surface area (Å²) in [5, 5.41) is 0. The maximum absolute atomic E-state index is 11.5. The van der Waals surface area contributed by atoms with Crippen LogP contribution in [0.5, 0.6) is 0 Å². The molecule has 0 aliphatic carbocycles. The Bertz CT molecular complexity index is 593. The number of carbonyl (C=O) groups excluding carboxylic acids is 1. The molecule has 1 aliphatic heterocycles. The highest BCUT2D eigenvalue weighted by atomic mass is 16.2. The SMILES string of the molecule is CC(=O)N1CCC[C@@H](Cc2cnc(-n3ccnc3)cn2)C1. The second-order valence-electron chi connectivity index (χ2n) is 5.51. The van der Waals surface area contributed by atoms with Crippen LogP contribution in [-0.2, 0) is 11.2 Å². The minimum absolute atomic E-state index is 0.168. The Labute approximate surface area is 123 Å². The number of hydrogen-bond acceptors (Lipinski definition) is 4. The number of rotatable bonds is 3. The molecule has 21 heavy (non-hydrogen) atoms. The number of hydrogen-bond donors (Lipinski definition) is 0. The number of nitrogens with zero attached hydrogens (tertiary/aromatic N) is 5. The van der Waals surface area contributed by atoms with E-state index in [1.807, 2.05) is 21.9 Å². The zero-order chi connectivity index (χ0) is 14.7. The normalized spacial score (nSPS) is 18.7. The number of aromatic nitrogens is 4. The van der Waals surface area contributed by atoms with E-state index in [4.69, 9.17) is 0 Å². The lowest BCUT2D eigenvalue weighted by Gasteiger charge is -2.31. The Morgan fingerprint density at radius 3 is 2.95 bits per heavy atom. The molecule has 0 spiro atoms. The second kappa shape index (κ2) is 6.03. The van der Waals surface area contributed by atoms with E-state index < -0.39 is 0 Å². The van der Waals surface area contributed by atoms with Gasteiger partial charge in [0, 0.05) is 32.4 Å². The van der Waals surface area contributed by atoms with Crippen molar-refractivity contribution in [3.8, 4) is 5.82 Å². The first-order chi connectivity index (χ1) is 10.2. The summed E-state index contributed by atoms with van der Waals surface area (Å²) in [5.74, 6) is 1.42. The van der Waals surface area contributed by atoms with Gasteiger partial charge in [-0.25, -0.2) is 9.97 Å². The van der Waals surface area contributed by atoms with Gasteiger partial charge in [0.05, 0.1) is 18.1 Å². The van der Waals surface area contributed by atoms with E-state index in [1.54, 1.807) is 25.6 Å². The average Bonchev–Trinajstić information content (AvgIpc) is 3.02. The highest BCUT2D eigenvalue weighted by Gasteiger charge is 2.22. The first-order valence-corrected chi connectivity index (χ1v) is 7.27. The third kappa shape index (κ3) is 3.26. The number of piperidine rings is 1. The molecule has 6 heteroatoms. The highest BCUT2D eigenvalue weighted by molar-refractivity contribution is 5.73. The molecule has 0 N–H and O–H groups in total. The van der Waals surface area contributed by atoms with Gasteiger partial charge >= 0.3 is 0 Å². The van der Waals surface area contributed by atoms with Crippen LogP contribution in [0.1, 0.15) is 25.5 Å². The van der Waals surface area contributed by atoms with Gasteiger partial charge in [-0.05, 0) is 25.2 Å². The molecule has 110 valence electrons. The third-order valence-electron chi connectivity index (χ3n) is 3.92. The van der Waals surface area contributed by atoms with Crippen LogP contribution in [0.25, 0.3) is 5.82 Å². The van der Waals surface area contributed by atoms with Crippen molar-refractivity contribution in [2.45, 2.75) is 26.2 Å². The molecule has 3 rings (SSSR count). The fourth-order valence-electron chi connectivity index (χ4n) is 2.79. The van der Waals surface area contributed by atoms with Gasteiger partial charge in [0.1, 0.15) is 6.33 Å². The van der Waals surface area contributed by atoms with Crippen LogP contribution < -0.4 is 0 Å². The predicted octanol–water partition coefficient (Wildman–Crippen LogP) is 1.46.